The van der Waals surface area contributed by atoms with Gasteiger partial charge in [-0.2, -0.15) is 14.5 Å². The molecule has 2 N–H and O–H groups in total. The highest BCUT2D eigenvalue weighted by Gasteiger charge is 2.18. The molecule has 0 aromatic carbocycles. The number of ether oxygens (including phenoxy) is 1. The first-order valence-corrected chi connectivity index (χ1v) is 6.93. The molecular weight excluding hydrogens is 284 g/mol. The Balaban J connectivity index is 1.84. The fourth-order valence-corrected chi connectivity index (χ4v) is 2.42. The standard InChI is InChI=1S/C13H14N8O/c14-10-7-11(20-3-5-22-6-4-20)21-13(17-10)18-12(19-21)9-1-2-15-8-16-9/h1-2,7-8H,3-6H2,(H2,14,17,18,19). The molecule has 9 heteroatoms. The lowest BCUT2D eigenvalue weighted by molar-refractivity contribution is 0.122. The van der Waals surface area contributed by atoms with Crippen molar-refractivity contribution >= 4 is 17.4 Å². The van der Waals surface area contributed by atoms with E-state index in [9.17, 15) is 0 Å². The highest BCUT2D eigenvalue weighted by atomic mass is 16.5. The van der Waals surface area contributed by atoms with Gasteiger partial charge < -0.3 is 15.4 Å². The molecule has 0 radical (unpaired) electrons. The summed E-state index contributed by atoms with van der Waals surface area (Å²) < 4.78 is 7.08. The van der Waals surface area contributed by atoms with E-state index in [4.69, 9.17) is 10.5 Å². The number of morpholine rings is 1. The summed E-state index contributed by atoms with van der Waals surface area (Å²) in [7, 11) is 0. The molecule has 0 bridgehead atoms. The fourth-order valence-electron chi connectivity index (χ4n) is 2.42. The van der Waals surface area contributed by atoms with Crippen LogP contribution in [0.15, 0.2) is 24.7 Å². The first-order chi connectivity index (χ1) is 10.8. The normalized spacial score (nSPS) is 15.4. The Hall–Kier alpha value is -2.81. The van der Waals surface area contributed by atoms with Crippen molar-refractivity contribution < 1.29 is 4.74 Å². The van der Waals surface area contributed by atoms with Crippen molar-refractivity contribution in [3.05, 3.63) is 24.7 Å². The van der Waals surface area contributed by atoms with Crippen molar-refractivity contribution in [1.82, 2.24) is 29.5 Å². The minimum Gasteiger partial charge on any atom is -0.383 e. The molecule has 9 nitrogen and oxygen atoms in total. The van der Waals surface area contributed by atoms with Crippen molar-refractivity contribution in [2.45, 2.75) is 0 Å². The van der Waals surface area contributed by atoms with Crippen LogP contribution in [0.25, 0.3) is 17.3 Å². The molecule has 1 saturated heterocycles. The number of hydrogen-bond acceptors (Lipinski definition) is 8. The lowest BCUT2D eigenvalue weighted by Gasteiger charge is -2.28. The van der Waals surface area contributed by atoms with Crippen LogP contribution in [0.4, 0.5) is 11.6 Å². The van der Waals surface area contributed by atoms with E-state index in [0.29, 0.717) is 36.3 Å². The third-order valence-electron chi connectivity index (χ3n) is 3.46. The number of nitrogen functional groups attached to an aromatic ring is 1. The molecule has 1 aliphatic heterocycles. The van der Waals surface area contributed by atoms with Gasteiger partial charge >= 0.3 is 0 Å². The predicted octanol–water partition coefficient (Wildman–Crippen LogP) is 0.0001000. The van der Waals surface area contributed by atoms with E-state index in [1.54, 1.807) is 22.8 Å². The Morgan fingerprint density at radius 2 is 2.05 bits per heavy atom. The summed E-state index contributed by atoms with van der Waals surface area (Å²) in [6.07, 6.45) is 3.12. The lowest BCUT2D eigenvalue weighted by atomic mass is 10.4. The summed E-state index contributed by atoms with van der Waals surface area (Å²) >= 11 is 0. The third-order valence-corrected chi connectivity index (χ3v) is 3.46. The van der Waals surface area contributed by atoms with Crippen LogP contribution in [-0.4, -0.2) is 55.9 Å². The van der Waals surface area contributed by atoms with Crippen LogP contribution in [0.2, 0.25) is 0 Å². The molecule has 1 fully saturated rings. The molecule has 0 aliphatic carbocycles. The first kappa shape index (κ1) is 12.9. The second-order valence-electron chi connectivity index (χ2n) is 4.88. The molecule has 22 heavy (non-hydrogen) atoms. The van der Waals surface area contributed by atoms with Crippen molar-refractivity contribution in [3.8, 4) is 11.5 Å². The smallest absolute Gasteiger partial charge is 0.256 e. The van der Waals surface area contributed by atoms with E-state index in [1.807, 2.05) is 0 Å². The van der Waals surface area contributed by atoms with Crippen LogP contribution in [0.5, 0.6) is 0 Å². The molecule has 0 atom stereocenters. The van der Waals surface area contributed by atoms with Gasteiger partial charge in [0.1, 0.15) is 23.7 Å². The number of fused-ring (bicyclic) bond motifs is 1. The van der Waals surface area contributed by atoms with E-state index in [2.05, 4.69) is 29.9 Å². The zero-order chi connectivity index (χ0) is 14.9. The zero-order valence-electron chi connectivity index (χ0n) is 11.8. The number of anilines is 2. The van der Waals surface area contributed by atoms with Crippen LogP contribution in [0.3, 0.4) is 0 Å². The molecule has 4 heterocycles. The fraction of sp³-hybridized carbons (Fsp3) is 0.308. The van der Waals surface area contributed by atoms with Crippen molar-refractivity contribution in [1.29, 1.82) is 0 Å². The van der Waals surface area contributed by atoms with Gasteiger partial charge in [0.2, 0.25) is 5.82 Å². The molecule has 3 aromatic heterocycles. The molecule has 0 amide bonds. The molecule has 1 aliphatic rings. The molecule has 0 spiro atoms. The quantitative estimate of drug-likeness (QED) is 0.704. The largest absolute Gasteiger partial charge is 0.383 e. The third kappa shape index (κ3) is 2.21. The average molecular weight is 298 g/mol. The van der Waals surface area contributed by atoms with Crippen molar-refractivity contribution in [3.63, 3.8) is 0 Å². The molecule has 0 saturated carbocycles. The molecule has 0 unspecified atom stereocenters. The van der Waals surface area contributed by atoms with E-state index in [0.717, 1.165) is 18.9 Å². The SMILES string of the molecule is Nc1cc(N2CCOCC2)n2nc(-c3ccncn3)nc2n1. The maximum absolute atomic E-state index is 5.90. The Morgan fingerprint density at radius 3 is 2.82 bits per heavy atom. The Morgan fingerprint density at radius 1 is 1.18 bits per heavy atom. The summed E-state index contributed by atoms with van der Waals surface area (Å²) in [5, 5.41) is 4.51. The number of nitrogens with zero attached hydrogens (tertiary/aromatic N) is 7. The van der Waals surface area contributed by atoms with E-state index in [-0.39, 0.29) is 0 Å². The summed E-state index contributed by atoms with van der Waals surface area (Å²) in [4.78, 5) is 18.9. The Bertz CT molecular complexity index is 796. The van der Waals surface area contributed by atoms with E-state index in [1.165, 1.54) is 6.33 Å². The van der Waals surface area contributed by atoms with Crippen molar-refractivity contribution in [2.75, 3.05) is 36.9 Å². The first-order valence-electron chi connectivity index (χ1n) is 6.93. The van der Waals surface area contributed by atoms with Crippen molar-refractivity contribution in [2.24, 2.45) is 0 Å². The van der Waals surface area contributed by atoms with Gasteiger partial charge in [-0.1, -0.05) is 0 Å². The van der Waals surface area contributed by atoms with Crippen LogP contribution in [-0.2, 0) is 4.74 Å². The molecule has 112 valence electrons. The van der Waals surface area contributed by atoms with Crippen LogP contribution in [0.1, 0.15) is 0 Å². The van der Waals surface area contributed by atoms with Crippen LogP contribution < -0.4 is 10.6 Å². The van der Waals surface area contributed by atoms with Gasteiger partial charge in [-0.05, 0) is 6.07 Å². The number of nitrogens with two attached hydrogens (primary N) is 1. The van der Waals surface area contributed by atoms with Gasteiger partial charge in [0, 0.05) is 25.4 Å². The van der Waals surface area contributed by atoms with Gasteiger partial charge in [0.15, 0.2) is 0 Å². The minimum atomic E-state index is 0.413. The number of rotatable bonds is 2. The molecular formula is C13H14N8O. The molecule has 4 rings (SSSR count). The Labute approximate surface area is 125 Å². The average Bonchev–Trinajstić information content (AvgIpc) is 2.99. The number of hydrogen-bond donors (Lipinski definition) is 1. The second-order valence-corrected chi connectivity index (χ2v) is 4.88. The minimum absolute atomic E-state index is 0.413. The highest BCUT2D eigenvalue weighted by molar-refractivity contribution is 5.58. The lowest BCUT2D eigenvalue weighted by Crippen LogP contribution is -2.37. The van der Waals surface area contributed by atoms with Gasteiger partial charge in [0.25, 0.3) is 5.78 Å². The van der Waals surface area contributed by atoms with E-state index < -0.39 is 0 Å². The van der Waals surface area contributed by atoms with Gasteiger partial charge in [-0.15, -0.1) is 5.10 Å². The van der Waals surface area contributed by atoms with E-state index >= 15 is 0 Å². The van der Waals surface area contributed by atoms with Gasteiger partial charge in [-0.25, -0.2) is 9.97 Å². The van der Waals surface area contributed by atoms with Crippen LogP contribution in [0, 0.1) is 0 Å². The molecule has 3 aromatic rings. The summed E-state index contributed by atoms with van der Waals surface area (Å²) in [5.74, 6) is 2.22. The summed E-state index contributed by atoms with van der Waals surface area (Å²) in [6.45, 7) is 2.91. The summed E-state index contributed by atoms with van der Waals surface area (Å²) in [5.41, 5.74) is 6.55. The van der Waals surface area contributed by atoms with Gasteiger partial charge in [-0.3, -0.25) is 0 Å². The number of aromatic nitrogens is 6. The maximum Gasteiger partial charge on any atom is 0.256 e. The Kier molecular flexibility index (Phi) is 3.04. The van der Waals surface area contributed by atoms with Crippen LogP contribution >= 0.6 is 0 Å². The monoisotopic (exact) mass is 298 g/mol. The highest BCUT2D eigenvalue weighted by Crippen LogP contribution is 2.21. The second kappa shape index (κ2) is 5.19. The topological polar surface area (TPSA) is 107 Å². The van der Waals surface area contributed by atoms with Gasteiger partial charge in [0.05, 0.1) is 13.2 Å². The summed E-state index contributed by atoms with van der Waals surface area (Å²) in [6, 6.07) is 3.56. The zero-order valence-corrected chi connectivity index (χ0v) is 11.8. The predicted molar refractivity (Wildman–Crippen MR) is 79.3 cm³/mol. The maximum atomic E-state index is 5.90.